The van der Waals surface area contributed by atoms with Gasteiger partial charge < -0.3 is 10.2 Å². The third-order valence-electron chi connectivity index (χ3n) is 4.20. The van der Waals surface area contributed by atoms with E-state index in [2.05, 4.69) is 19.2 Å². The van der Waals surface area contributed by atoms with E-state index in [9.17, 15) is 4.79 Å². The van der Waals surface area contributed by atoms with Crippen molar-refractivity contribution in [1.82, 2.24) is 10.2 Å². The van der Waals surface area contributed by atoms with E-state index in [-0.39, 0.29) is 5.41 Å². The number of likely N-dealkylation sites (tertiary alicyclic amines) is 1. The third kappa shape index (κ3) is 1.67. The fourth-order valence-electron chi connectivity index (χ4n) is 3.16. The van der Waals surface area contributed by atoms with Crippen LogP contribution in [0.1, 0.15) is 33.1 Å². The molecule has 1 atom stereocenters. The summed E-state index contributed by atoms with van der Waals surface area (Å²) in [6.07, 6.45) is 3.13. The highest BCUT2D eigenvalue weighted by molar-refractivity contribution is 5.85. The molecular formula is C12H22N2O. The van der Waals surface area contributed by atoms with E-state index in [0.29, 0.717) is 17.9 Å². The van der Waals surface area contributed by atoms with E-state index in [4.69, 9.17) is 0 Å². The summed E-state index contributed by atoms with van der Waals surface area (Å²) in [5.74, 6) is 0.968. The van der Waals surface area contributed by atoms with Gasteiger partial charge in [0.25, 0.3) is 0 Å². The largest absolute Gasteiger partial charge is 0.342 e. The average Bonchev–Trinajstić information content (AvgIpc) is 2.46. The van der Waals surface area contributed by atoms with Gasteiger partial charge in [-0.15, -0.1) is 0 Å². The van der Waals surface area contributed by atoms with Crippen molar-refractivity contribution < 1.29 is 4.79 Å². The number of piperidine rings is 1. The van der Waals surface area contributed by atoms with Crippen molar-refractivity contribution in [2.75, 3.05) is 20.1 Å². The molecule has 2 heterocycles. The Bertz CT molecular complexity index is 256. The van der Waals surface area contributed by atoms with E-state index >= 15 is 0 Å². The Morgan fingerprint density at radius 2 is 2.00 bits per heavy atom. The first-order valence-corrected chi connectivity index (χ1v) is 6.05. The second kappa shape index (κ2) is 3.78. The summed E-state index contributed by atoms with van der Waals surface area (Å²) in [6.45, 7) is 6.44. The Morgan fingerprint density at radius 1 is 1.40 bits per heavy atom. The maximum absolute atomic E-state index is 12.3. The maximum atomic E-state index is 12.3. The van der Waals surface area contributed by atoms with Crippen LogP contribution in [0.4, 0.5) is 0 Å². The number of nitrogens with zero attached hydrogens (tertiary/aromatic N) is 1. The zero-order chi connectivity index (χ0) is 11.1. The number of hydrogen-bond acceptors (Lipinski definition) is 2. The molecule has 2 rings (SSSR count). The molecule has 0 aromatic rings. The number of hydrogen-bond donors (Lipinski definition) is 1. The summed E-state index contributed by atoms with van der Waals surface area (Å²) in [5, 5.41) is 3.34. The van der Waals surface area contributed by atoms with Gasteiger partial charge in [0.2, 0.25) is 5.91 Å². The molecule has 1 N–H and O–H groups in total. The molecule has 0 aromatic heterocycles. The second-order valence-electron chi connectivity index (χ2n) is 5.46. The van der Waals surface area contributed by atoms with Crippen LogP contribution in [0.2, 0.25) is 0 Å². The van der Waals surface area contributed by atoms with Crippen LogP contribution < -0.4 is 5.32 Å². The van der Waals surface area contributed by atoms with Crippen LogP contribution in [0.3, 0.4) is 0 Å². The van der Waals surface area contributed by atoms with Crippen molar-refractivity contribution in [3.63, 3.8) is 0 Å². The van der Waals surface area contributed by atoms with Crippen LogP contribution in [-0.2, 0) is 4.79 Å². The van der Waals surface area contributed by atoms with Gasteiger partial charge >= 0.3 is 0 Å². The van der Waals surface area contributed by atoms with Crippen LogP contribution in [0.5, 0.6) is 0 Å². The molecule has 1 spiro atoms. The van der Waals surface area contributed by atoms with E-state index in [1.165, 1.54) is 0 Å². The minimum atomic E-state index is -0.0189. The summed E-state index contributed by atoms with van der Waals surface area (Å²) in [6, 6.07) is 0.454. The van der Waals surface area contributed by atoms with Crippen molar-refractivity contribution >= 4 is 5.91 Å². The Morgan fingerprint density at radius 3 is 2.47 bits per heavy atom. The lowest BCUT2D eigenvalue weighted by atomic mass is 9.75. The molecule has 2 aliphatic rings. The van der Waals surface area contributed by atoms with Gasteiger partial charge in [-0.05, 0) is 38.3 Å². The Hall–Kier alpha value is -0.570. The van der Waals surface area contributed by atoms with Gasteiger partial charge in [0.1, 0.15) is 0 Å². The molecule has 0 saturated carbocycles. The van der Waals surface area contributed by atoms with Gasteiger partial charge in [0, 0.05) is 13.1 Å². The summed E-state index contributed by atoms with van der Waals surface area (Å²) in [7, 11) is 1.98. The molecule has 3 nitrogen and oxygen atoms in total. The molecule has 1 amide bonds. The maximum Gasteiger partial charge on any atom is 0.228 e. The highest BCUT2D eigenvalue weighted by Crippen LogP contribution is 2.44. The zero-order valence-electron chi connectivity index (χ0n) is 10.0. The molecule has 2 fully saturated rings. The lowest BCUT2D eigenvalue weighted by molar-refractivity contribution is -0.137. The smallest absolute Gasteiger partial charge is 0.228 e. The monoisotopic (exact) mass is 210 g/mol. The van der Waals surface area contributed by atoms with Crippen molar-refractivity contribution in [3.05, 3.63) is 0 Å². The summed E-state index contributed by atoms with van der Waals surface area (Å²) < 4.78 is 0. The predicted molar refractivity (Wildman–Crippen MR) is 60.5 cm³/mol. The van der Waals surface area contributed by atoms with Crippen molar-refractivity contribution in [1.29, 1.82) is 0 Å². The van der Waals surface area contributed by atoms with Crippen molar-refractivity contribution in [3.8, 4) is 0 Å². The molecule has 3 heteroatoms. The molecule has 2 saturated heterocycles. The molecule has 0 aliphatic carbocycles. The Labute approximate surface area is 92.2 Å². The molecule has 0 bridgehead atoms. The fraction of sp³-hybridized carbons (Fsp3) is 0.917. The van der Waals surface area contributed by atoms with Crippen molar-refractivity contribution in [2.45, 2.75) is 39.2 Å². The minimum absolute atomic E-state index is 0.0189. The number of rotatable bonds is 1. The number of carbonyl (C=O) groups is 1. The molecule has 2 aliphatic heterocycles. The van der Waals surface area contributed by atoms with Gasteiger partial charge in [0.15, 0.2) is 0 Å². The van der Waals surface area contributed by atoms with E-state index < -0.39 is 0 Å². The number of nitrogens with one attached hydrogen (secondary N) is 1. The first-order valence-electron chi connectivity index (χ1n) is 6.05. The normalized spacial score (nSPS) is 30.5. The van der Waals surface area contributed by atoms with Gasteiger partial charge in [-0.1, -0.05) is 13.8 Å². The van der Waals surface area contributed by atoms with Gasteiger partial charge in [-0.3, -0.25) is 4.79 Å². The van der Waals surface area contributed by atoms with E-state index in [0.717, 1.165) is 32.4 Å². The number of carbonyl (C=O) groups excluding carboxylic acids is 1. The highest BCUT2D eigenvalue weighted by Gasteiger charge is 2.50. The molecule has 0 radical (unpaired) electrons. The first kappa shape index (κ1) is 10.9. The molecular weight excluding hydrogens is 188 g/mol. The minimum Gasteiger partial charge on any atom is -0.342 e. The second-order valence-corrected chi connectivity index (χ2v) is 5.46. The van der Waals surface area contributed by atoms with E-state index in [1.807, 2.05) is 11.9 Å². The Kier molecular flexibility index (Phi) is 2.75. The molecule has 1 unspecified atom stereocenters. The van der Waals surface area contributed by atoms with E-state index in [1.54, 1.807) is 0 Å². The summed E-state index contributed by atoms with van der Waals surface area (Å²) in [4.78, 5) is 14.3. The van der Waals surface area contributed by atoms with Crippen LogP contribution in [0.15, 0.2) is 0 Å². The van der Waals surface area contributed by atoms with Crippen LogP contribution in [-0.4, -0.2) is 37.0 Å². The number of amides is 1. The zero-order valence-corrected chi connectivity index (χ0v) is 10.0. The molecule has 15 heavy (non-hydrogen) atoms. The average molecular weight is 210 g/mol. The molecule has 0 aromatic carbocycles. The first-order chi connectivity index (χ1) is 7.07. The summed E-state index contributed by atoms with van der Waals surface area (Å²) in [5.41, 5.74) is -0.0189. The predicted octanol–water partition coefficient (Wildman–Crippen LogP) is 1.24. The SMILES string of the molecule is CC(C)C1CC2(CCNCC2)C(=O)N1C. The highest BCUT2D eigenvalue weighted by atomic mass is 16.2. The standard InChI is InChI=1S/C12H22N2O/c1-9(2)10-8-12(11(15)14(10)3)4-6-13-7-5-12/h9-10,13H,4-8H2,1-3H3. The van der Waals surface area contributed by atoms with Crippen LogP contribution in [0, 0.1) is 11.3 Å². The lowest BCUT2D eigenvalue weighted by Crippen LogP contribution is -2.42. The quantitative estimate of drug-likeness (QED) is 0.706. The van der Waals surface area contributed by atoms with Gasteiger partial charge in [-0.25, -0.2) is 0 Å². The lowest BCUT2D eigenvalue weighted by Gasteiger charge is -2.31. The topological polar surface area (TPSA) is 32.3 Å². The summed E-state index contributed by atoms with van der Waals surface area (Å²) >= 11 is 0. The molecule has 86 valence electrons. The fourth-order valence-corrected chi connectivity index (χ4v) is 3.16. The van der Waals surface area contributed by atoms with Gasteiger partial charge in [-0.2, -0.15) is 0 Å². The van der Waals surface area contributed by atoms with Crippen LogP contribution >= 0.6 is 0 Å². The third-order valence-corrected chi connectivity index (χ3v) is 4.20. The Balaban J connectivity index is 2.18. The van der Waals surface area contributed by atoms with Crippen molar-refractivity contribution in [2.24, 2.45) is 11.3 Å². The van der Waals surface area contributed by atoms with Gasteiger partial charge in [0.05, 0.1) is 5.41 Å². The van der Waals surface area contributed by atoms with Crippen LogP contribution in [0.25, 0.3) is 0 Å².